The molecule has 6 N–H and O–H groups in total. The highest BCUT2D eigenvalue weighted by molar-refractivity contribution is 6.21. The molecule has 4 aliphatic heterocycles. The number of hydrogen-bond donors (Lipinski definition) is 6. The third-order valence-electron chi connectivity index (χ3n) is 8.98. The average molecular weight is 696 g/mol. The van der Waals surface area contributed by atoms with Crippen molar-refractivity contribution in [2.24, 2.45) is 0 Å². The minimum absolute atomic E-state index is 0.0261. The Kier molecular flexibility index (Phi) is 15.8. The van der Waals surface area contributed by atoms with Gasteiger partial charge in [-0.2, -0.15) is 0 Å². The lowest BCUT2D eigenvalue weighted by Crippen LogP contribution is -2.36. The molecule has 48 heavy (non-hydrogen) atoms. The van der Waals surface area contributed by atoms with Crippen LogP contribution in [0.25, 0.3) is 0 Å². The number of allylic oxidation sites excluding steroid dienone is 4. The van der Waals surface area contributed by atoms with E-state index in [9.17, 15) is 0 Å². The van der Waals surface area contributed by atoms with E-state index in [1.165, 1.54) is 33.4 Å². The molecule has 2 unspecified atom stereocenters. The molecule has 1 aromatic rings. The molecule has 2 atom stereocenters. The van der Waals surface area contributed by atoms with Crippen molar-refractivity contribution in [2.45, 2.75) is 49.5 Å². The maximum Gasteiger partial charge on any atom is 0.0635 e. The van der Waals surface area contributed by atoms with Crippen molar-refractivity contribution >= 4 is 23.2 Å². The molecule has 0 radical (unpaired) electrons. The summed E-state index contributed by atoms with van der Waals surface area (Å²) in [7, 11) is 0. The van der Waals surface area contributed by atoms with Gasteiger partial charge in [0.25, 0.3) is 0 Å². The first kappa shape index (κ1) is 36.6. The molecule has 4 aliphatic rings. The molecule has 0 fully saturated rings. The number of halogens is 2. The van der Waals surface area contributed by atoms with Gasteiger partial charge in [0.2, 0.25) is 0 Å². The normalized spacial score (nSPS) is 28.3. The standard InChI is InChI=1S/C38H56Cl2N8/c39-37-25-45-23-35-17-33(19-43-21-35)5-1-11-41-13-3-15-47(29-37)27-31-7-9-32(10-8-31)28-48-16-4-14-42-12-2-6-34-18-36(22-44-20-34)24-46-26-38(40)30-48/h1-2,5-10,19-20,23-24,37-38,41-46H,3-4,11-18,21-22,25-30H2/b5-1-,6-2-,35-23-,36-24-. The summed E-state index contributed by atoms with van der Waals surface area (Å²) >= 11 is 13.8. The third kappa shape index (κ3) is 13.7. The zero-order valence-corrected chi connectivity index (χ0v) is 30.0. The lowest BCUT2D eigenvalue weighted by Gasteiger charge is -2.26. The number of alkyl halides is 2. The molecule has 10 heteroatoms. The molecular formula is C38H56Cl2N8. The first-order valence-electron chi connectivity index (χ1n) is 17.8. The maximum atomic E-state index is 6.88. The van der Waals surface area contributed by atoms with Crippen LogP contribution < -0.4 is 31.9 Å². The molecule has 8 nitrogen and oxygen atoms in total. The third-order valence-corrected chi connectivity index (χ3v) is 9.56. The quantitative estimate of drug-likeness (QED) is 0.261. The highest BCUT2D eigenvalue weighted by atomic mass is 35.5. The number of benzene rings is 1. The Morgan fingerprint density at radius 3 is 1.52 bits per heavy atom. The van der Waals surface area contributed by atoms with E-state index in [2.05, 4.69) is 115 Å². The number of nitrogens with zero attached hydrogens (tertiary/aromatic N) is 2. The van der Waals surface area contributed by atoms with Crippen LogP contribution in [0.3, 0.4) is 0 Å². The second-order valence-electron chi connectivity index (χ2n) is 13.4. The Morgan fingerprint density at radius 2 is 1.06 bits per heavy atom. The first-order chi connectivity index (χ1) is 23.6. The van der Waals surface area contributed by atoms with Crippen LogP contribution in [0.5, 0.6) is 0 Å². The second-order valence-corrected chi connectivity index (χ2v) is 14.6. The lowest BCUT2D eigenvalue weighted by atomic mass is 10.0. The number of nitrogens with one attached hydrogen (secondary N) is 6. The molecule has 262 valence electrons. The molecule has 0 saturated carbocycles. The van der Waals surface area contributed by atoms with E-state index < -0.39 is 0 Å². The maximum absolute atomic E-state index is 6.88. The van der Waals surface area contributed by atoms with E-state index in [0.29, 0.717) is 0 Å². The molecule has 1 aromatic carbocycles. The number of rotatable bonds is 4. The molecule has 0 spiro atoms. The SMILES string of the molecule is ClC1CN/C=C2\CNC=C(/C=C\CNCCCN(Cc3ccc(CN4CCCNC/C=C\C5=CNC/C(=C\NCC(Cl)C4)C5)cc3)C1)C2. The highest BCUT2D eigenvalue weighted by Crippen LogP contribution is 2.17. The lowest BCUT2D eigenvalue weighted by molar-refractivity contribution is 0.258. The molecule has 0 aliphatic carbocycles. The van der Waals surface area contributed by atoms with Crippen LogP contribution in [0.4, 0.5) is 0 Å². The van der Waals surface area contributed by atoms with Gasteiger partial charge in [-0.25, -0.2) is 0 Å². The van der Waals surface area contributed by atoms with E-state index in [1.807, 2.05) is 0 Å². The van der Waals surface area contributed by atoms with Crippen LogP contribution in [-0.4, -0.2) is 99.1 Å². The van der Waals surface area contributed by atoms with Crippen LogP contribution in [-0.2, 0) is 13.1 Å². The van der Waals surface area contributed by atoms with Gasteiger partial charge in [0.05, 0.1) is 10.8 Å². The second kappa shape index (κ2) is 20.7. The summed E-state index contributed by atoms with van der Waals surface area (Å²) in [5.74, 6) is 0. The fourth-order valence-electron chi connectivity index (χ4n) is 6.53. The predicted octanol–water partition coefficient (Wildman–Crippen LogP) is 4.31. The van der Waals surface area contributed by atoms with E-state index in [4.69, 9.17) is 23.2 Å². The summed E-state index contributed by atoms with van der Waals surface area (Å²) in [4.78, 5) is 5.00. The van der Waals surface area contributed by atoms with Crippen molar-refractivity contribution in [1.29, 1.82) is 0 Å². The minimum atomic E-state index is 0.0261. The molecule has 5 rings (SSSR count). The van der Waals surface area contributed by atoms with E-state index in [-0.39, 0.29) is 10.8 Å². The first-order valence-corrected chi connectivity index (χ1v) is 18.7. The van der Waals surface area contributed by atoms with Gasteiger partial charge in [-0.15, -0.1) is 23.2 Å². The Bertz CT molecular complexity index is 1200. The van der Waals surface area contributed by atoms with Crippen molar-refractivity contribution in [3.8, 4) is 0 Å². The van der Waals surface area contributed by atoms with Crippen LogP contribution in [0, 0.1) is 0 Å². The smallest absolute Gasteiger partial charge is 0.0635 e. The Hall–Kier alpha value is -2.72. The van der Waals surface area contributed by atoms with Gasteiger partial charge < -0.3 is 31.9 Å². The fourth-order valence-corrected chi connectivity index (χ4v) is 7.10. The molecule has 0 saturated heterocycles. The van der Waals surface area contributed by atoms with Crippen LogP contribution in [0.15, 0.2) is 95.7 Å². The average Bonchev–Trinajstić information content (AvgIpc) is 3.08. The predicted molar refractivity (Wildman–Crippen MR) is 203 cm³/mol. The largest absolute Gasteiger partial charge is 0.389 e. The minimum Gasteiger partial charge on any atom is -0.389 e. The Morgan fingerprint density at radius 1 is 0.604 bits per heavy atom. The number of fused-ring (bicyclic) bond motifs is 4. The van der Waals surface area contributed by atoms with Gasteiger partial charge in [-0.3, -0.25) is 9.80 Å². The van der Waals surface area contributed by atoms with Crippen molar-refractivity contribution in [3.63, 3.8) is 0 Å². The summed E-state index contributed by atoms with van der Waals surface area (Å²) in [5, 5.41) is 21.0. The fraction of sp³-hybridized carbons (Fsp3) is 0.526. The molecule has 0 aromatic heterocycles. The van der Waals surface area contributed by atoms with Gasteiger partial charge in [-0.1, -0.05) is 48.6 Å². The van der Waals surface area contributed by atoms with Crippen molar-refractivity contribution in [3.05, 3.63) is 107 Å². The van der Waals surface area contributed by atoms with Gasteiger partial charge in [0.1, 0.15) is 0 Å². The van der Waals surface area contributed by atoms with Crippen molar-refractivity contribution < 1.29 is 0 Å². The highest BCUT2D eigenvalue weighted by Gasteiger charge is 2.16. The van der Waals surface area contributed by atoms with Crippen LogP contribution in [0.2, 0.25) is 0 Å². The van der Waals surface area contributed by atoms with E-state index in [1.54, 1.807) is 0 Å². The number of hydrogen-bond acceptors (Lipinski definition) is 8. The van der Waals surface area contributed by atoms with Gasteiger partial charge in [-0.05, 0) is 97.7 Å². The molecule has 4 heterocycles. The van der Waals surface area contributed by atoms with Crippen LogP contribution >= 0.6 is 23.2 Å². The van der Waals surface area contributed by atoms with Crippen molar-refractivity contribution in [1.82, 2.24) is 41.7 Å². The Balaban J connectivity index is 1.14. The summed E-state index contributed by atoms with van der Waals surface area (Å²) in [6.45, 7) is 12.5. The zero-order chi connectivity index (χ0) is 33.2. The van der Waals surface area contributed by atoms with Gasteiger partial charge in [0, 0.05) is 77.8 Å². The van der Waals surface area contributed by atoms with E-state index >= 15 is 0 Å². The van der Waals surface area contributed by atoms with E-state index in [0.717, 1.165) is 117 Å². The topological polar surface area (TPSA) is 78.7 Å². The summed E-state index contributed by atoms with van der Waals surface area (Å²) in [5.41, 5.74) is 7.97. The van der Waals surface area contributed by atoms with Crippen LogP contribution in [0.1, 0.15) is 36.8 Å². The Labute approximate surface area is 298 Å². The van der Waals surface area contributed by atoms with Gasteiger partial charge in [0.15, 0.2) is 0 Å². The summed E-state index contributed by atoms with van der Waals surface area (Å²) in [6, 6.07) is 9.17. The zero-order valence-electron chi connectivity index (χ0n) is 28.5. The monoisotopic (exact) mass is 694 g/mol. The molecular weight excluding hydrogens is 639 g/mol. The van der Waals surface area contributed by atoms with Gasteiger partial charge >= 0.3 is 0 Å². The summed E-state index contributed by atoms with van der Waals surface area (Å²) < 4.78 is 0. The molecule has 4 bridgehead atoms. The van der Waals surface area contributed by atoms with Crippen molar-refractivity contribution in [2.75, 3.05) is 78.5 Å². The molecule has 0 amide bonds. The summed E-state index contributed by atoms with van der Waals surface area (Å²) in [6.07, 6.45) is 21.5.